The molecule has 1 aromatic rings. The van der Waals surface area contributed by atoms with Gasteiger partial charge in [-0.3, -0.25) is 0 Å². The highest BCUT2D eigenvalue weighted by molar-refractivity contribution is 5.41. The standard InChI is InChI=1S/C16H27NO/c1-5-8-18-15-10-13(3)16(14(4)11-15)9-12(2)6-7-17/h10-12H,5-9,17H2,1-4H3. The highest BCUT2D eigenvalue weighted by Crippen LogP contribution is 2.25. The minimum absolute atomic E-state index is 0.648. The average Bonchev–Trinajstić information content (AvgIpc) is 2.31. The lowest BCUT2D eigenvalue weighted by Crippen LogP contribution is -2.10. The van der Waals surface area contributed by atoms with Gasteiger partial charge in [0.05, 0.1) is 6.61 Å². The molecule has 0 radical (unpaired) electrons. The van der Waals surface area contributed by atoms with Crippen LogP contribution in [0.2, 0.25) is 0 Å². The van der Waals surface area contributed by atoms with Gasteiger partial charge in [0.1, 0.15) is 5.75 Å². The van der Waals surface area contributed by atoms with Gasteiger partial charge in [0.25, 0.3) is 0 Å². The zero-order valence-corrected chi connectivity index (χ0v) is 12.3. The normalized spacial score (nSPS) is 12.5. The molecule has 0 bridgehead atoms. The second kappa shape index (κ2) is 7.42. The lowest BCUT2D eigenvalue weighted by Gasteiger charge is -2.16. The highest BCUT2D eigenvalue weighted by Gasteiger charge is 2.10. The molecule has 0 heterocycles. The summed E-state index contributed by atoms with van der Waals surface area (Å²) in [5.74, 6) is 1.65. The van der Waals surface area contributed by atoms with E-state index < -0.39 is 0 Å². The molecule has 18 heavy (non-hydrogen) atoms. The molecule has 2 nitrogen and oxygen atoms in total. The van der Waals surface area contributed by atoms with E-state index in [-0.39, 0.29) is 0 Å². The van der Waals surface area contributed by atoms with Crippen LogP contribution in [0.15, 0.2) is 12.1 Å². The summed E-state index contributed by atoms with van der Waals surface area (Å²) in [6.45, 7) is 10.3. The fraction of sp³-hybridized carbons (Fsp3) is 0.625. The smallest absolute Gasteiger partial charge is 0.119 e. The van der Waals surface area contributed by atoms with Gasteiger partial charge in [-0.15, -0.1) is 0 Å². The molecule has 2 heteroatoms. The van der Waals surface area contributed by atoms with E-state index in [0.29, 0.717) is 5.92 Å². The molecule has 0 aliphatic carbocycles. The summed E-state index contributed by atoms with van der Waals surface area (Å²) in [5, 5.41) is 0. The molecule has 1 unspecified atom stereocenters. The Labute approximate surface area is 112 Å². The molecule has 0 fully saturated rings. The quantitative estimate of drug-likeness (QED) is 0.801. The third-order valence-electron chi connectivity index (χ3n) is 3.35. The molecule has 0 aliphatic rings. The van der Waals surface area contributed by atoms with E-state index in [0.717, 1.165) is 38.2 Å². The van der Waals surface area contributed by atoms with E-state index in [1.807, 2.05) is 0 Å². The zero-order chi connectivity index (χ0) is 13.5. The number of rotatable bonds is 7. The summed E-state index contributed by atoms with van der Waals surface area (Å²) >= 11 is 0. The number of ether oxygens (including phenoxy) is 1. The van der Waals surface area contributed by atoms with Crippen molar-refractivity contribution in [3.05, 3.63) is 28.8 Å². The van der Waals surface area contributed by atoms with Gasteiger partial charge in [-0.2, -0.15) is 0 Å². The van der Waals surface area contributed by atoms with E-state index in [1.54, 1.807) is 0 Å². The fourth-order valence-electron chi connectivity index (χ4n) is 2.31. The van der Waals surface area contributed by atoms with E-state index >= 15 is 0 Å². The monoisotopic (exact) mass is 249 g/mol. The van der Waals surface area contributed by atoms with Crippen molar-refractivity contribution < 1.29 is 4.74 Å². The topological polar surface area (TPSA) is 35.2 Å². The fourth-order valence-corrected chi connectivity index (χ4v) is 2.31. The van der Waals surface area contributed by atoms with Gasteiger partial charge >= 0.3 is 0 Å². The van der Waals surface area contributed by atoms with Crippen molar-refractivity contribution in [3.63, 3.8) is 0 Å². The Bertz CT molecular complexity index is 350. The van der Waals surface area contributed by atoms with Crippen molar-refractivity contribution in [1.29, 1.82) is 0 Å². The average molecular weight is 249 g/mol. The van der Waals surface area contributed by atoms with Gasteiger partial charge in [-0.05, 0) is 74.4 Å². The van der Waals surface area contributed by atoms with Gasteiger partial charge in [-0.25, -0.2) is 0 Å². The SMILES string of the molecule is CCCOc1cc(C)c(CC(C)CCN)c(C)c1. The van der Waals surface area contributed by atoms with Crippen LogP contribution < -0.4 is 10.5 Å². The second-order valence-electron chi connectivity index (χ2n) is 5.27. The number of hydrogen-bond donors (Lipinski definition) is 1. The maximum Gasteiger partial charge on any atom is 0.119 e. The van der Waals surface area contributed by atoms with Crippen LogP contribution in [0.3, 0.4) is 0 Å². The molecule has 0 saturated carbocycles. The van der Waals surface area contributed by atoms with Gasteiger partial charge in [-0.1, -0.05) is 13.8 Å². The Morgan fingerprint density at radius 2 is 1.83 bits per heavy atom. The van der Waals surface area contributed by atoms with Gasteiger partial charge in [0.15, 0.2) is 0 Å². The summed E-state index contributed by atoms with van der Waals surface area (Å²) in [7, 11) is 0. The lowest BCUT2D eigenvalue weighted by molar-refractivity contribution is 0.317. The molecule has 0 aromatic heterocycles. The van der Waals surface area contributed by atoms with Gasteiger partial charge in [0.2, 0.25) is 0 Å². The van der Waals surface area contributed by atoms with E-state index in [1.165, 1.54) is 16.7 Å². The van der Waals surface area contributed by atoms with Crippen molar-refractivity contribution in [3.8, 4) is 5.75 Å². The van der Waals surface area contributed by atoms with E-state index in [9.17, 15) is 0 Å². The Balaban J connectivity index is 2.80. The van der Waals surface area contributed by atoms with Crippen LogP contribution in [0.4, 0.5) is 0 Å². The molecule has 1 aromatic carbocycles. The first-order chi connectivity index (χ1) is 8.58. The predicted molar refractivity (Wildman–Crippen MR) is 78.2 cm³/mol. The molecule has 1 atom stereocenters. The summed E-state index contributed by atoms with van der Waals surface area (Å²) in [6.07, 6.45) is 3.25. The van der Waals surface area contributed by atoms with E-state index in [4.69, 9.17) is 10.5 Å². The third kappa shape index (κ3) is 4.34. The molecule has 102 valence electrons. The molecule has 0 spiro atoms. The first kappa shape index (κ1) is 15.0. The summed E-state index contributed by atoms with van der Waals surface area (Å²) in [4.78, 5) is 0. The maximum atomic E-state index is 5.70. The van der Waals surface area contributed by atoms with Crippen LogP contribution in [0.1, 0.15) is 43.4 Å². The van der Waals surface area contributed by atoms with Crippen LogP contribution in [0.5, 0.6) is 5.75 Å². The molecule has 0 saturated heterocycles. The summed E-state index contributed by atoms with van der Waals surface area (Å²) in [6, 6.07) is 4.32. The largest absolute Gasteiger partial charge is 0.494 e. The number of benzene rings is 1. The zero-order valence-electron chi connectivity index (χ0n) is 12.3. The Morgan fingerprint density at radius 1 is 1.22 bits per heavy atom. The van der Waals surface area contributed by atoms with Crippen molar-refractivity contribution in [2.75, 3.05) is 13.2 Å². The number of nitrogens with two attached hydrogens (primary N) is 1. The van der Waals surface area contributed by atoms with Crippen molar-refractivity contribution in [2.24, 2.45) is 11.7 Å². The molecular weight excluding hydrogens is 222 g/mol. The number of hydrogen-bond acceptors (Lipinski definition) is 2. The summed E-state index contributed by atoms with van der Waals surface area (Å²) < 4.78 is 5.70. The minimum Gasteiger partial charge on any atom is -0.494 e. The third-order valence-corrected chi connectivity index (χ3v) is 3.35. The van der Waals surface area contributed by atoms with Gasteiger partial charge < -0.3 is 10.5 Å². The molecule has 0 aliphatic heterocycles. The predicted octanol–water partition coefficient (Wildman–Crippen LogP) is 3.62. The van der Waals surface area contributed by atoms with Crippen LogP contribution in [0, 0.1) is 19.8 Å². The second-order valence-corrected chi connectivity index (χ2v) is 5.27. The van der Waals surface area contributed by atoms with E-state index in [2.05, 4.69) is 39.8 Å². The Morgan fingerprint density at radius 3 is 2.33 bits per heavy atom. The van der Waals surface area contributed by atoms with Crippen LogP contribution >= 0.6 is 0 Å². The number of aryl methyl sites for hydroxylation is 2. The maximum absolute atomic E-state index is 5.70. The minimum atomic E-state index is 0.648. The van der Waals surface area contributed by atoms with Gasteiger partial charge in [0, 0.05) is 0 Å². The highest BCUT2D eigenvalue weighted by atomic mass is 16.5. The van der Waals surface area contributed by atoms with Crippen LogP contribution in [-0.2, 0) is 6.42 Å². The van der Waals surface area contributed by atoms with Crippen molar-refractivity contribution >= 4 is 0 Å². The first-order valence-electron chi connectivity index (χ1n) is 7.01. The molecule has 0 amide bonds. The van der Waals surface area contributed by atoms with Crippen LogP contribution in [-0.4, -0.2) is 13.2 Å². The van der Waals surface area contributed by atoms with Crippen LogP contribution in [0.25, 0.3) is 0 Å². The lowest BCUT2D eigenvalue weighted by atomic mass is 9.92. The molecule has 2 N–H and O–H groups in total. The molecular formula is C16H27NO. The summed E-state index contributed by atoms with van der Waals surface area (Å²) in [5.41, 5.74) is 9.75. The Kier molecular flexibility index (Phi) is 6.20. The van der Waals surface area contributed by atoms with Crippen molar-refractivity contribution in [2.45, 2.75) is 47.0 Å². The first-order valence-corrected chi connectivity index (χ1v) is 7.01. The molecule has 1 rings (SSSR count). The Hall–Kier alpha value is -1.02. The van der Waals surface area contributed by atoms with Crippen molar-refractivity contribution in [1.82, 2.24) is 0 Å².